The molecule has 126 valence electrons. The Morgan fingerprint density at radius 1 is 1.48 bits per heavy atom. The number of anilines is 1. The maximum absolute atomic E-state index is 12.2. The summed E-state index contributed by atoms with van der Waals surface area (Å²) in [6, 6.07) is 1.85. The van der Waals surface area contributed by atoms with Crippen molar-refractivity contribution in [3.63, 3.8) is 0 Å². The number of benzene rings is 1. The van der Waals surface area contributed by atoms with Crippen LogP contribution in [0.15, 0.2) is 10.5 Å². The van der Waals surface area contributed by atoms with E-state index in [4.69, 9.17) is 20.8 Å². The van der Waals surface area contributed by atoms with Crippen LogP contribution < -0.4 is 5.32 Å². The molecule has 0 aliphatic carbocycles. The summed E-state index contributed by atoms with van der Waals surface area (Å²) >= 11 is 6.45. The first-order chi connectivity index (χ1) is 10.6. The van der Waals surface area contributed by atoms with Crippen LogP contribution in [0.3, 0.4) is 0 Å². The van der Waals surface area contributed by atoms with Crippen LogP contribution in [0.2, 0.25) is 5.02 Å². The van der Waals surface area contributed by atoms with Gasteiger partial charge in [0.2, 0.25) is 5.76 Å². The van der Waals surface area contributed by atoms with E-state index in [1.807, 2.05) is 20.2 Å². The fourth-order valence-corrected chi connectivity index (χ4v) is 3.27. The minimum absolute atomic E-state index is 0. The zero-order valence-corrected chi connectivity index (χ0v) is 14.9. The predicted molar refractivity (Wildman–Crippen MR) is 94.0 cm³/mol. The molecule has 5 nitrogen and oxygen atoms in total. The van der Waals surface area contributed by atoms with E-state index < -0.39 is 5.97 Å². The van der Waals surface area contributed by atoms with Gasteiger partial charge in [-0.1, -0.05) is 11.6 Å². The molecule has 1 aromatic carbocycles. The normalized spacial score (nSPS) is 14.3. The van der Waals surface area contributed by atoms with Crippen LogP contribution in [0, 0.1) is 0 Å². The highest BCUT2D eigenvalue weighted by molar-refractivity contribution is 6.33. The van der Waals surface area contributed by atoms with Gasteiger partial charge in [0, 0.05) is 36.1 Å². The fourth-order valence-electron chi connectivity index (χ4n) is 2.97. The molecule has 1 aliphatic rings. The van der Waals surface area contributed by atoms with Crippen molar-refractivity contribution in [3.8, 4) is 0 Å². The van der Waals surface area contributed by atoms with Crippen molar-refractivity contribution in [1.29, 1.82) is 0 Å². The summed E-state index contributed by atoms with van der Waals surface area (Å²) in [4.78, 5) is 14.4. The number of rotatable bonds is 3. The fraction of sp³-hybridized carbons (Fsp3) is 0.438. The Labute approximate surface area is 146 Å². The molecule has 0 fully saturated rings. The van der Waals surface area contributed by atoms with Crippen molar-refractivity contribution in [3.05, 3.63) is 28.0 Å². The van der Waals surface area contributed by atoms with Gasteiger partial charge in [0.15, 0.2) is 5.58 Å². The van der Waals surface area contributed by atoms with Crippen molar-refractivity contribution in [2.75, 3.05) is 32.6 Å². The molecule has 0 saturated heterocycles. The number of ether oxygens (including phenoxy) is 1. The van der Waals surface area contributed by atoms with Crippen LogP contribution in [0.1, 0.15) is 28.6 Å². The van der Waals surface area contributed by atoms with Crippen LogP contribution >= 0.6 is 24.0 Å². The molecule has 1 aromatic heterocycles. The topological polar surface area (TPSA) is 54.7 Å². The first-order valence-corrected chi connectivity index (χ1v) is 7.74. The second-order valence-electron chi connectivity index (χ2n) is 5.46. The summed E-state index contributed by atoms with van der Waals surface area (Å²) in [7, 11) is 3.83. The van der Waals surface area contributed by atoms with Crippen LogP contribution in [0.4, 0.5) is 5.69 Å². The Bertz CT molecular complexity index is 743. The van der Waals surface area contributed by atoms with Crippen molar-refractivity contribution in [2.45, 2.75) is 19.9 Å². The van der Waals surface area contributed by atoms with Gasteiger partial charge < -0.3 is 19.4 Å². The van der Waals surface area contributed by atoms with Crippen molar-refractivity contribution >= 4 is 46.6 Å². The molecule has 2 heterocycles. The third kappa shape index (κ3) is 3.01. The van der Waals surface area contributed by atoms with Crippen LogP contribution in [0.25, 0.3) is 11.0 Å². The molecular formula is C16H20Cl2N2O3. The summed E-state index contributed by atoms with van der Waals surface area (Å²) in [6.07, 6.45) is 0.824. The second-order valence-corrected chi connectivity index (χ2v) is 5.86. The summed E-state index contributed by atoms with van der Waals surface area (Å²) in [5, 5.41) is 4.73. The molecule has 1 aliphatic heterocycles. The monoisotopic (exact) mass is 358 g/mol. The molecular weight excluding hydrogens is 339 g/mol. The van der Waals surface area contributed by atoms with Crippen LogP contribution in [-0.4, -0.2) is 38.1 Å². The molecule has 23 heavy (non-hydrogen) atoms. The van der Waals surface area contributed by atoms with Gasteiger partial charge in [-0.2, -0.15) is 0 Å². The van der Waals surface area contributed by atoms with Crippen LogP contribution in [0.5, 0.6) is 0 Å². The van der Waals surface area contributed by atoms with Crippen molar-refractivity contribution in [2.24, 2.45) is 0 Å². The number of carbonyl (C=O) groups excluding carboxylic acids is 1. The Morgan fingerprint density at radius 3 is 2.87 bits per heavy atom. The highest BCUT2D eigenvalue weighted by Crippen LogP contribution is 2.40. The number of nitrogens with one attached hydrogen (secondary N) is 1. The number of nitrogens with zero attached hydrogens (tertiary/aromatic N) is 1. The standard InChI is InChI=1S/C16H19ClN2O3.ClH/c1-4-21-16(20)14-10-8-19(3)6-5-9-11(17)7-12(18-2)15(22-14)13(9)10;/h7,18H,4-6,8H2,1-3H3;1H. The summed E-state index contributed by atoms with van der Waals surface area (Å²) < 4.78 is 11.0. The molecule has 7 heteroatoms. The smallest absolute Gasteiger partial charge is 0.374 e. The Kier molecular flexibility index (Phi) is 5.45. The number of furan rings is 1. The van der Waals surface area contributed by atoms with E-state index in [0.717, 1.165) is 35.2 Å². The number of esters is 1. The SMILES string of the molecule is CCOC(=O)c1oc2c(NC)cc(Cl)c3c2c1CN(C)CC3.Cl. The average Bonchev–Trinajstić information content (AvgIpc) is 2.75. The van der Waals surface area contributed by atoms with Gasteiger partial charge in [-0.25, -0.2) is 4.79 Å². The quantitative estimate of drug-likeness (QED) is 0.847. The molecule has 0 bridgehead atoms. The largest absolute Gasteiger partial charge is 0.460 e. The zero-order chi connectivity index (χ0) is 15.9. The number of hydrogen-bond acceptors (Lipinski definition) is 5. The molecule has 0 unspecified atom stereocenters. The van der Waals surface area contributed by atoms with E-state index >= 15 is 0 Å². The predicted octanol–water partition coefficient (Wildman–Crippen LogP) is 3.71. The maximum atomic E-state index is 12.2. The van der Waals surface area contributed by atoms with Gasteiger partial charge in [0.1, 0.15) is 0 Å². The Balaban J connectivity index is 0.00000192. The van der Waals surface area contributed by atoms with E-state index in [0.29, 0.717) is 23.8 Å². The van der Waals surface area contributed by atoms with Gasteiger partial charge in [0.05, 0.1) is 12.3 Å². The second kappa shape index (κ2) is 6.99. The van der Waals surface area contributed by atoms with Gasteiger partial charge >= 0.3 is 5.97 Å². The van der Waals surface area contributed by atoms with E-state index in [1.165, 1.54) is 0 Å². The summed E-state index contributed by atoms with van der Waals surface area (Å²) in [5.41, 5.74) is 3.36. The average molecular weight is 359 g/mol. The summed E-state index contributed by atoms with van der Waals surface area (Å²) in [6.45, 7) is 3.62. The van der Waals surface area contributed by atoms with Crippen LogP contribution in [-0.2, 0) is 17.7 Å². The summed E-state index contributed by atoms with van der Waals surface area (Å²) in [5.74, 6) is -0.140. The number of hydrogen-bond donors (Lipinski definition) is 1. The van der Waals surface area contributed by atoms with Crippen molar-refractivity contribution in [1.82, 2.24) is 4.90 Å². The van der Waals surface area contributed by atoms with E-state index in [2.05, 4.69) is 10.2 Å². The minimum atomic E-state index is -0.423. The van der Waals surface area contributed by atoms with Gasteiger partial charge in [-0.05, 0) is 32.0 Å². The van der Waals surface area contributed by atoms with E-state index in [-0.39, 0.29) is 18.2 Å². The molecule has 1 N–H and O–H groups in total. The molecule has 2 aromatic rings. The first kappa shape index (κ1) is 17.9. The van der Waals surface area contributed by atoms with Crippen molar-refractivity contribution < 1.29 is 13.9 Å². The molecule has 0 amide bonds. The van der Waals surface area contributed by atoms with Gasteiger partial charge in [-0.15, -0.1) is 12.4 Å². The lowest BCUT2D eigenvalue weighted by Crippen LogP contribution is -2.20. The lowest BCUT2D eigenvalue weighted by atomic mass is 10.0. The molecule has 3 rings (SSSR count). The highest BCUT2D eigenvalue weighted by Gasteiger charge is 2.29. The number of carbonyl (C=O) groups is 1. The third-order valence-corrected chi connectivity index (χ3v) is 4.35. The highest BCUT2D eigenvalue weighted by atomic mass is 35.5. The maximum Gasteiger partial charge on any atom is 0.374 e. The minimum Gasteiger partial charge on any atom is -0.460 e. The first-order valence-electron chi connectivity index (χ1n) is 7.37. The Hall–Kier alpha value is -1.43. The van der Waals surface area contributed by atoms with Gasteiger partial charge in [-0.3, -0.25) is 0 Å². The molecule has 0 atom stereocenters. The lowest BCUT2D eigenvalue weighted by Gasteiger charge is -2.13. The molecule has 0 radical (unpaired) electrons. The molecule has 0 saturated carbocycles. The molecule has 0 spiro atoms. The number of likely N-dealkylation sites (N-methyl/N-ethyl adjacent to an activating group) is 1. The Morgan fingerprint density at radius 2 is 2.22 bits per heavy atom. The number of halogens is 2. The lowest BCUT2D eigenvalue weighted by molar-refractivity contribution is 0.0490. The third-order valence-electron chi connectivity index (χ3n) is 4.01. The zero-order valence-electron chi connectivity index (χ0n) is 13.4. The van der Waals surface area contributed by atoms with E-state index in [9.17, 15) is 4.79 Å². The van der Waals surface area contributed by atoms with E-state index in [1.54, 1.807) is 6.92 Å². The van der Waals surface area contributed by atoms with Gasteiger partial charge in [0.25, 0.3) is 0 Å².